The summed E-state index contributed by atoms with van der Waals surface area (Å²) < 4.78 is 5.12. The van der Waals surface area contributed by atoms with Gasteiger partial charge in [0.2, 0.25) is 5.91 Å². The minimum atomic E-state index is 0.0935. The van der Waals surface area contributed by atoms with Crippen LogP contribution in [0.4, 0.5) is 0 Å². The van der Waals surface area contributed by atoms with Crippen LogP contribution in [0.15, 0.2) is 0 Å². The molecular weight excluding hydrogens is 156 g/mol. The molecule has 0 radical (unpaired) electrons. The zero-order chi connectivity index (χ0) is 8.81. The Morgan fingerprint density at radius 3 is 3.08 bits per heavy atom. The molecule has 0 bridgehead atoms. The second-order valence-electron chi connectivity index (χ2n) is 3.02. The summed E-state index contributed by atoms with van der Waals surface area (Å²) in [4.78, 5) is 11.1. The predicted molar refractivity (Wildman–Crippen MR) is 45.7 cm³/mol. The number of carbonyl (C=O) groups excluding carboxylic acids is 1. The lowest BCUT2D eigenvalue weighted by atomic mass is 10.2. The third kappa shape index (κ3) is 3.19. The van der Waals surface area contributed by atoms with E-state index < -0.39 is 0 Å². The average molecular weight is 172 g/mol. The molecule has 1 rings (SSSR count). The van der Waals surface area contributed by atoms with Gasteiger partial charge in [0.15, 0.2) is 0 Å². The number of hydrogen-bond acceptors (Lipinski definition) is 3. The maximum Gasteiger partial charge on any atom is 0.220 e. The third-order valence-electron chi connectivity index (χ3n) is 1.90. The first-order valence-corrected chi connectivity index (χ1v) is 4.40. The highest BCUT2D eigenvalue weighted by molar-refractivity contribution is 5.76. The topological polar surface area (TPSA) is 64.4 Å². The summed E-state index contributed by atoms with van der Waals surface area (Å²) in [7, 11) is 0. The van der Waals surface area contributed by atoms with Crippen LogP contribution in [0.25, 0.3) is 0 Å². The van der Waals surface area contributed by atoms with Gasteiger partial charge in [0, 0.05) is 13.0 Å². The highest BCUT2D eigenvalue weighted by Crippen LogP contribution is 2.03. The Hall–Kier alpha value is -0.610. The van der Waals surface area contributed by atoms with Crippen LogP contribution in [-0.2, 0) is 9.53 Å². The number of ether oxygens (including phenoxy) is 1. The Balaban J connectivity index is 2.08. The van der Waals surface area contributed by atoms with Crippen molar-refractivity contribution in [2.24, 2.45) is 5.73 Å². The van der Waals surface area contributed by atoms with E-state index in [1.807, 2.05) is 0 Å². The molecule has 1 aliphatic heterocycles. The van der Waals surface area contributed by atoms with Gasteiger partial charge in [-0.25, -0.2) is 0 Å². The zero-order valence-corrected chi connectivity index (χ0v) is 7.21. The molecule has 0 aliphatic carbocycles. The monoisotopic (exact) mass is 172 g/mol. The van der Waals surface area contributed by atoms with Crippen LogP contribution in [0.5, 0.6) is 0 Å². The molecule has 1 aliphatic rings. The van der Waals surface area contributed by atoms with Crippen molar-refractivity contribution in [3.05, 3.63) is 0 Å². The molecule has 1 amide bonds. The highest BCUT2D eigenvalue weighted by Gasteiger charge is 2.16. The van der Waals surface area contributed by atoms with Crippen LogP contribution in [-0.4, -0.2) is 31.7 Å². The maximum atomic E-state index is 11.1. The van der Waals surface area contributed by atoms with Gasteiger partial charge >= 0.3 is 0 Å². The fourth-order valence-electron chi connectivity index (χ4n) is 1.21. The first-order chi connectivity index (χ1) is 5.83. The normalized spacial score (nSPS) is 22.6. The van der Waals surface area contributed by atoms with Gasteiger partial charge in [-0.2, -0.15) is 0 Å². The molecule has 1 unspecified atom stereocenters. The Bertz CT molecular complexity index is 144. The molecule has 0 aromatic carbocycles. The molecule has 0 spiro atoms. The molecule has 1 fully saturated rings. The third-order valence-corrected chi connectivity index (χ3v) is 1.90. The largest absolute Gasteiger partial charge is 0.379 e. The Labute approximate surface area is 72.5 Å². The molecule has 3 N–H and O–H groups in total. The number of nitrogens with two attached hydrogens (primary N) is 1. The summed E-state index contributed by atoms with van der Waals surface area (Å²) in [5.74, 6) is 0.0935. The van der Waals surface area contributed by atoms with Crippen LogP contribution in [0.3, 0.4) is 0 Å². The molecule has 0 aromatic heterocycles. The summed E-state index contributed by atoms with van der Waals surface area (Å²) in [6.45, 7) is 2.00. The minimum Gasteiger partial charge on any atom is -0.379 e. The van der Waals surface area contributed by atoms with E-state index in [1.165, 1.54) is 0 Å². The van der Waals surface area contributed by atoms with Gasteiger partial charge in [-0.05, 0) is 19.4 Å². The van der Waals surface area contributed by atoms with Crippen molar-refractivity contribution < 1.29 is 9.53 Å². The number of amides is 1. The van der Waals surface area contributed by atoms with Crippen LogP contribution in [0.2, 0.25) is 0 Å². The molecule has 12 heavy (non-hydrogen) atoms. The van der Waals surface area contributed by atoms with Crippen LogP contribution < -0.4 is 11.1 Å². The van der Waals surface area contributed by atoms with E-state index in [4.69, 9.17) is 10.5 Å². The Morgan fingerprint density at radius 1 is 1.67 bits per heavy atom. The molecule has 4 nitrogen and oxygen atoms in total. The fraction of sp³-hybridized carbons (Fsp3) is 0.875. The van der Waals surface area contributed by atoms with Crippen molar-refractivity contribution in [1.82, 2.24) is 5.32 Å². The lowest BCUT2D eigenvalue weighted by Gasteiger charge is -2.09. The number of carbonyl (C=O) groups is 1. The van der Waals surface area contributed by atoms with Gasteiger partial charge in [-0.15, -0.1) is 0 Å². The van der Waals surface area contributed by atoms with Crippen molar-refractivity contribution in [2.45, 2.75) is 25.3 Å². The Morgan fingerprint density at radius 2 is 2.50 bits per heavy atom. The summed E-state index contributed by atoms with van der Waals surface area (Å²) in [5.41, 5.74) is 5.28. The standard InChI is InChI=1S/C8H16N2O2/c9-4-1-2-8(11)10-7-3-5-12-6-7/h7H,1-6,9H2,(H,10,11). The molecule has 1 atom stereocenters. The molecule has 4 heteroatoms. The average Bonchev–Trinajstić information content (AvgIpc) is 2.53. The smallest absolute Gasteiger partial charge is 0.220 e. The molecular formula is C8H16N2O2. The quantitative estimate of drug-likeness (QED) is 0.608. The van der Waals surface area contributed by atoms with Gasteiger partial charge in [0.05, 0.1) is 12.6 Å². The lowest BCUT2D eigenvalue weighted by molar-refractivity contribution is -0.121. The predicted octanol–water partition coefficient (Wildman–Crippen LogP) is -0.370. The van der Waals surface area contributed by atoms with Crippen molar-refractivity contribution in [2.75, 3.05) is 19.8 Å². The Kier molecular flexibility index (Phi) is 4.04. The second kappa shape index (κ2) is 5.11. The molecule has 1 saturated heterocycles. The molecule has 0 aromatic rings. The highest BCUT2D eigenvalue weighted by atomic mass is 16.5. The van der Waals surface area contributed by atoms with Crippen LogP contribution >= 0.6 is 0 Å². The number of nitrogens with one attached hydrogen (secondary N) is 1. The van der Waals surface area contributed by atoms with Gasteiger partial charge in [0.1, 0.15) is 0 Å². The van der Waals surface area contributed by atoms with E-state index in [1.54, 1.807) is 0 Å². The number of rotatable bonds is 4. The summed E-state index contributed by atoms with van der Waals surface area (Å²) in [6, 6.07) is 0.232. The van der Waals surface area contributed by atoms with Gasteiger partial charge in [-0.1, -0.05) is 0 Å². The maximum absolute atomic E-state index is 11.1. The van der Waals surface area contributed by atoms with Crippen molar-refractivity contribution in [1.29, 1.82) is 0 Å². The van der Waals surface area contributed by atoms with E-state index in [9.17, 15) is 4.79 Å². The summed E-state index contributed by atoms with van der Waals surface area (Å²) in [6.07, 6.45) is 2.24. The molecule has 0 saturated carbocycles. The van der Waals surface area contributed by atoms with E-state index in [0.29, 0.717) is 19.6 Å². The van der Waals surface area contributed by atoms with Crippen molar-refractivity contribution in [3.8, 4) is 0 Å². The van der Waals surface area contributed by atoms with Gasteiger partial charge in [0.25, 0.3) is 0 Å². The van der Waals surface area contributed by atoms with E-state index >= 15 is 0 Å². The van der Waals surface area contributed by atoms with E-state index in [0.717, 1.165) is 19.4 Å². The SMILES string of the molecule is NCCCC(=O)NC1CCOC1. The van der Waals surface area contributed by atoms with E-state index in [2.05, 4.69) is 5.32 Å². The zero-order valence-electron chi connectivity index (χ0n) is 7.21. The van der Waals surface area contributed by atoms with Crippen LogP contribution in [0.1, 0.15) is 19.3 Å². The summed E-state index contributed by atoms with van der Waals surface area (Å²) >= 11 is 0. The lowest BCUT2D eigenvalue weighted by Crippen LogP contribution is -2.35. The van der Waals surface area contributed by atoms with E-state index in [-0.39, 0.29) is 11.9 Å². The first-order valence-electron chi connectivity index (χ1n) is 4.40. The minimum absolute atomic E-state index is 0.0935. The first kappa shape index (κ1) is 9.48. The van der Waals surface area contributed by atoms with Crippen molar-refractivity contribution >= 4 is 5.91 Å². The molecule has 70 valence electrons. The van der Waals surface area contributed by atoms with Gasteiger partial charge in [-0.3, -0.25) is 4.79 Å². The second-order valence-corrected chi connectivity index (χ2v) is 3.02. The summed E-state index contributed by atoms with van der Waals surface area (Å²) in [5, 5.41) is 2.89. The molecule has 1 heterocycles. The fourth-order valence-corrected chi connectivity index (χ4v) is 1.21. The van der Waals surface area contributed by atoms with Gasteiger partial charge < -0.3 is 15.8 Å². The van der Waals surface area contributed by atoms with Crippen molar-refractivity contribution in [3.63, 3.8) is 0 Å². The number of hydrogen-bond donors (Lipinski definition) is 2. The van der Waals surface area contributed by atoms with Crippen LogP contribution in [0, 0.1) is 0 Å².